The van der Waals surface area contributed by atoms with Gasteiger partial charge in [-0.3, -0.25) is 0 Å². The molecule has 0 N–H and O–H groups in total. The summed E-state index contributed by atoms with van der Waals surface area (Å²) in [5, 5.41) is 0. The molecule has 1 aliphatic rings. The summed E-state index contributed by atoms with van der Waals surface area (Å²) in [4.78, 5) is 29.2. The minimum absolute atomic E-state index is 0.155. The summed E-state index contributed by atoms with van der Waals surface area (Å²) in [6.07, 6.45) is 1.60. The molecule has 0 spiro atoms. The average Bonchev–Trinajstić information content (AvgIpc) is 3.15. The summed E-state index contributed by atoms with van der Waals surface area (Å²) in [6.45, 7) is 0. The summed E-state index contributed by atoms with van der Waals surface area (Å²) in [5.74, 6) is -0.159. The Morgan fingerprint density at radius 1 is 1.09 bits per heavy atom. The number of rotatable bonds is 5. The number of aliphatic imine (C=N–C) groups is 1. The molecule has 32 heavy (non-hydrogen) atoms. The predicted octanol–water partition coefficient (Wildman–Crippen LogP) is 5.63. The van der Waals surface area contributed by atoms with Gasteiger partial charge in [0.1, 0.15) is 0 Å². The molecule has 3 aromatic carbocycles. The van der Waals surface area contributed by atoms with Gasteiger partial charge in [-0.2, -0.15) is 0 Å². The summed E-state index contributed by atoms with van der Waals surface area (Å²) in [6, 6.07) is 19.5. The maximum absolute atomic E-state index is 12.5. The van der Waals surface area contributed by atoms with Crippen LogP contribution in [-0.2, 0) is 9.53 Å². The highest BCUT2D eigenvalue weighted by atomic mass is 127. The second-order valence-corrected chi connectivity index (χ2v) is 8.62. The minimum Gasteiger partial charge on any atom is -0.493 e. The Labute approximate surface area is 206 Å². The zero-order chi connectivity index (χ0) is 22.7. The van der Waals surface area contributed by atoms with E-state index in [9.17, 15) is 9.59 Å². The number of benzene rings is 3. The van der Waals surface area contributed by atoms with Gasteiger partial charge >= 0.3 is 11.9 Å². The van der Waals surface area contributed by atoms with Crippen LogP contribution in [-0.4, -0.2) is 24.9 Å². The van der Waals surface area contributed by atoms with Gasteiger partial charge in [0.2, 0.25) is 5.90 Å². The van der Waals surface area contributed by atoms with Gasteiger partial charge in [0, 0.05) is 4.47 Å². The van der Waals surface area contributed by atoms with E-state index in [-0.39, 0.29) is 11.6 Å². The first-order chi connectivity index (χ1) is 15.5. The molecule has 1 heterocycles. The fraction of sp³-hybridized carbons (Fsp3) is 0.0417. The molecule has 0 aromatic heterocycles. The zero-order valence-corrected chi connectivity index (χ0v) is 20.4. The molecule has 0 saturated carbocycles. The first-order valence-corrected chi connectivity index (χ1v) is 11.3. The third-order valence-electron chi connectivity index (χ3n) is 4.48. The Bertz CT molecular complexity index is 1270. The molecule has 0 fully saturated rings. The summed E-state index contributed by atoms with van der Waals surface area (Å²) < 4.78 is 17.7. The van der Waals surface area contributed by atoms with E-state index in [1.54, 1.807) is 48.5 Å². The first kappa shape index (κ1) is 22.2. The molecule has 3 aromatic rings. The number of carbonyl (C=O) groups excluding carboxylic acids is 2. The Hall–Kier alpha value is -2.98. The molecule has 0 amide bonds. The van der Waals surface area contributed by atoms with Gasteiger partial charge < -0.3 is 14.2 Å². The van der Waals surface area contributed by atoms with Gasteiger partial charge in [-0.15, -0.1) is 0 Å². The lowest BCUT2D eigenvalue weighted by molar-refractivity contribution is -0.129. The number of cyclic esters (lactones) is 1. The van der Waals surface area contributed by atoms with Crippen LogP contribution in [0, 0.1) is 3.57 Å². The smallest absolute Gasteiger partial charge is 0.363 e. The van der Waals surface area contributed by atoms with Crippen molar-refractivity contribution < 1.29 is 23.8 Å². The number of hydrogen-bond acceptors (Lipinski definition) is 6. The third kappa shape index (κ3) is 4.76. The van der Waals surface area contributed by atoms with Crippen molar-refractivity contribution in [2.24, 2.45) is 4.99 Å². The average molecular weight is 604 g/mol. The van der Waals surface area contributed by atoms with Crippen LogP contribution in [0.25, 0.3) is 6.08 Å². The van der Waals surface area contributed by atoms with Gasteiger partial charge in [0.25, 0.3) is 0 Å². The quantitative estimate of drug-likeness (QED) is 0.164. The van der Waals surface area contributed by atoms with Gasteiger partial charge in [0.05, 0.1) is 21.8 Å². The van der Waals surface area contributed by atoms with Crippen LogP contribution in [0.4, 0.5) is 0 Å². The standard InChI is InChI=1S/C24H15BrINO5/c1-30-20-13-14(11-18(26)21(20)31-23(28)15-7-3-2-4-8-15)12-19-24(29)32-22(27-19)16-9-5-6-10-17(16)25/h2-13H,1H3/b19-12-. The predicted molar refractivity (Wildman–Crippen MR) is 132 cm³/mol. The number of esters is 2. The second-order valence-electron chi connectivity index (χ2n) is 6.61. The molecule has 1 aliphatic heterocycles. The molecule has 0 aliphatic carbocycles. The largest absolute Gasteiger partial charge is 0.493 e. The number of carbonyl (C=O) groups is 2. The maximum Gasteiger partial charge on any atom is 0.363 e. The van der Waals surface area contributed by atoms with Crippen LogP contribution in [0.1, 0.15) is 21.5 Å². The van der Waals surface area contributed by atoms with Crippen molar-refractivity contribution in [3.8, 4) is 11.5 Å². The highest BCUT2D eigenvalue weighted by molar-refractivity contribution is 14.1. The normalized spacial score (nSPS) is 14.2. The third-order valence-corrected chi connectivity index (χ3v) is 5.98. The summed E-state index contributed by atoms with van der Waals surface area (Å²) >= 11 is 5.49. The lowest BCUT2D eigenvalue weighted by Gasteiger charge is -2.12. The van der Waals surface area contributed by atoms with Crippen molar-refractivity contribution in [3.05, 3.63) is 97.2 Å². The van der Waals surface area contributed by atoms with E-state index in [1.807, 2.05) is 24.3 Å². The van der Waals surface area contributed by atoms with Crippen molar-refractivity contribution in [2.45, 2.75) is 0 Å². The summed E-state index contributed by atoms with van der Waals surface area (Å²) in [5.41, 5.74) is 1.91. The van der Waals surface area contributed by atoms with E-state index in [1.165, 1.54) is 7.11 Å². The van der Waals surface area contributed by atoms with E-state index in [4.69, 9.17) is 14.2 Å². The van der Waals surface area contributed by atoms with E-state index in [0.717, 1.165) is 4.47 Å². The Balaban J connectivity index is 1.64. The molecule has 0 unspecified atom stereocenters. The fourth-order valence-electron chi connectivity index (χ4n) is 2.96. The van der Waals surface area contributed by atoms with E-state index in [2.05, 4.69) is 43.5 Å². The van der Waals surface area contributed by atoms with E-state index in [0.29, 0.717) is 31.8 Å². The number of halogens is 2. The van der Waals surface area contributed by atoms with Gasteiger partial charge in [0.15, 0.2) is 17.2 Å². The van der Waals surface area contributed by atoms with Gasteiger partial charge in [-0.1, -0.05) is 30.3 Å². The number of methoxy groups -OCH3 is 1. The Morgan fingerprint density at radius 3 is 2.53 bits per heavy atom. The van der Waals surface area contributed by atoms with Crippen LogP contribution in [0.2, 0.25) is 0 Å². The van der Waals surface area contributed by atoms with Crippen molar-refractivity contribution >= 4 is 62.4 Å². The highest BCUT2D eigenvalue weighted by Crippen LogP contribution is 2.35. The van der Waals surface area contributed by atoms with Gasteiger partial charge in [-0.05, 0) is 86.6 Å². The topological polar surface area (TPSA) is 74.2 Å². The number of hydrogen-bond donors (Lipinski definition) is 0. The van der Waals surface area contributed by atoms with Crippen molar-refractivity contribution in [3.63, 3.8) is 0 Å². The molecule has 8 heteroatoms. The molecule has 4 rings (SSSR count). The summed E-state index contributed by atoms with van der Waals surface area (Å²) in [7, 11) is 1.48. The van der Waals surface area contributed by atoms with Crippen molar-refractivity contribution in [2.75, 3.05) is 7.11 Å². The molecule has 0 bridgehead atoms. The number of ether oxygens (including phenoxy) is 3. The minimum atomic E-state index is -0.552. The molecular weight excluding hydrogens is 589 g/mol. The van der Waals surface area contributed by atoms with E-state index >= 15 is 0 Å². The van der Waals surface area contributed by atoms with Crippen LogP contribution in [0.3, 0.4) is 0 Å². The van der Waals surface area contributed by atoms with E-state index < -0.39 is 11.9 Å². The molecule has 0 radical (unpaired) electrons. The molecule has 0 saturated heterocycles. The van der Waals surface area contributed by atoms with Crippen LogP contribution >= 0.6 is 38.5 Å². The van der Waals surface area contributed by atoms with Crippen molar-refractivity contribution in [1.82, 2.24) is 0 Å². The van der Waals surface area contributed by atoms with Gasteiger partial charge in [-0.25, -0.2) is 14.6 Å². The molecular formula is C24H15BrINO5. The van der Waals surface area contributed by atoms with Crippen LogP contribution in [0.5, 0.6) is 11.5 Å². The lowest BCUT2D eigenvalue weighted by Crippen LogP contribution is -2.10. The number of nitrogens with zero attached hydrogens (tertiary/aromatic N) is 1. The van der Waals surface area contributed by atoms with Crippen LogP contribution in [0.15, 0.2) is 81.9 Å². The SMILES string of the molecule is COc1cc(/C=C2\N=C(c3ccccc3Br)OC2=O)cc(I)c1OC(=O)c1ccccc1. The molecule has 6 nitrogen and oxygen atoms in total. The molecule has 160 valence electrons. The lowest BCUT2D eigenvalue weighted by atomic mass is 10.1. The molecule has 0 atom stereocenters. The second kappa shape index (κ2) is 9.66. The maximum atomic E-state index is 12.5. The first-order valence-electron chi connectivity index (χ1n) is 9.38. The van der Waals surface area contributed by atoms with Crippen LogP contribution < -0.4 is 9.47 Å². The van der Waals surface area contributed by atoms with Crippen molar-refractivity contribution in [1.29, 1.82) is 0 Å². The zero-order valence-electron chi connectivity index (χ0n) is 16.7. The monoisotopic (exact) mass is 603 g/mol. The highest BCUT2D eigenvalue weighted by Gasteiger charge is 2.26. The fourth-order valence-corrected chi connectivity index (χ4v) is 4.15. The Morgan fingerprint density at radius 2 is 1.81 bits per heavy atom. The Kier molecular flexibility index (Phi) is 6.71.